The molecule has 0 aromatic carbocycles. The first-order valence-corrected chi connectivity index (χ1v) is 8.25. The van der Waals surface area contributed by atoms with E-state index in [1.54, 1.807) is 22.7 Å². The zero-order valence-electron chi connectivity index (χ0n) is 11.0. The summed E-state index contributed by atoms with van der Waals surface area (Å²) in [4.78, 5) is 20.1. The molecule has 0 radical (unpaired) electrons. The van der Waals surface area contributed by atoms with Crippen LogP contribution in [0.2, 0.25) is 0 Å². The van der Waals surface area contributed by atoms with Gasteiger partial charge in [-0.25, -0.2) is 4.98 Å². The highest BCUT2D eigenvalue weighted by atomic mass is 32.1. The molecule has 2 aromatic rings. The van der Waals surface area contributed by atoms with E-state index in [0.717, 1.165) is 22.7 Å². The first-order chi connectivity index (χ1) is 9.16. The summed E-state index contributed by atoms with van der Waals surface area (Å²) in [6.07, 6.45) is 2.26. The van der Waals surface area contributed by atoms with Crippen LogP contribution in [0.25, 0.3) is 9.88 Å². The number of nitrogens with zero attached hydrogens (tertiary/aromatic N) is 2. The van der Waals surface area contributed by atoms with Gasteiger partial charge in [-0.05, 0) is 38.1 Å². The van der Waals surface area contributed by atoms with Crippen molar-refractivity contribution in [3.63, 3.8) is 0 Å². The van der Waals surface area contributed by atoms with Crippen LogP contribution in [0, 0.1) is 0 Å². The largest absolute Gasteiger partial charge is 0.332 e. The van der Waals surface area contributed by atoms with Crippen LogP contribution in [-0.4, -0.2) is 27.9 Å². The highest BCUT2D eigenvalue weighted by Crippen LogP contribution is 2.32. The van der Waals surface area contributed by atoms with Crippen LogP contribution in [0.1, 0.15) is 37.2 Å². The Morgan fingerprint density at radius 3 is 2.79 bits per heavy atom. The van der Waals surface area contributed by atoms with Crippen molar-refractivity contribution < 1.29 is 4.79 Å². The van der Waals surface area contributed by atoms with Crippen molar-refractivity contribution in [2.75, 3.05) is 0 Å². The van der Waals surface area contributed by atoms with Gasteiger partial charge in [0.15, 0.2) is 0 Å². The maximum absolute atomic E-state index is 12.5. The lowest BCUT2D eigenvalue weighted by atomic mass is 10.2. The predicted octanol–water partition coefficient (Wildman–Crippen LogP) is 3.88. The molecule has 19 heavy (non-hydrogen) atoms. The molecule has 0 bridgehead atoms. The Labute approximate surface area is 120 Å². The van der Waals surface area contributed by atoms with E-state index in [1.807, 2.05) is 27.8 Å². The van der Waals surface area contributed by atoms with Crippen LogP contribution in [0.4, 0.5) is 0 Å². The van der Waals surface area contributed by atoms with Gasteiger partial charge in [0, 0.05) is 17.5 Å². The molecule has 0 saturated heterocycles. The number of thiophene rings is 1. The zero-order valence-corrected chi connectivity index (χ0v) is 12.6. The van der Waals surface area contributed by atoms with Crippen molar-refractivity contribution in [3.8, 4) is 9.88 Å². The topological polar surface area (TPSA) is 33.2 Å². The number of carbonyl (C=O) groups excluding carboxylic acids is 1. The summed E-state index contributed by atoms with van der Waals surface area (Å²) in [5.41, 5.74) is 0.592. The Hall–Kier alpha value is -1.20. The molecule has 3 rings (SSSR count). The second kappa shape index (κ2) is 5.06. The quantitative estimate of drug-likeness (QED) is 0.856. The molecule has 1 aliphatic rings. The third-order valence-electron chi connectivity index (χ3n) is 3.19. The monoisotopic (exact) mass is 292 g/mol. The number of aromatic nitrogens is 1. The third-order valence-corrected chi connectivity index (χ3v) is 5.07. The molecule has 0 atom stereocenters. The third kappa shape index (κ3) is 2.58. The van der Waals surface area contributed by atoms with Gasteiger partial charge < -0.3 is 4.90 Å². The molecule has 0 spiro atoms. The number of hydrogen-bond acceptors (Lipinski definition) is 4. The van der Waals surface area contributed by atoms with Crippen LogP contribution < -0.4 is 0 Å². The molecule has 1 amide bonds. The van der Waals surface area contributed by atoms with Crippen LogP contribution in [-0.2, 0) is 0 Å². The predicted molar refractivity (Wildman–Crippen MR) is 79.8 cm³/mol. The molecule has 5 heteroatoms. The summed E-state index contributed by atoms with van der Waals surface area (Å²) in [5.74, 6) is 0.0801. The lowest BCUT2D eigenvalue weighted by Gasteiger charge is -2.25. The minimum absolute atomic E-state index is 0.0801. The SMILES string of the molecule is CC(C)N(C(=O)c1csc(-c2cccs2)n1)C1CC1. The number of thiazole rings is 1. The fraction of sp³-hybridized carbons (Fsp3) is 0.429. The Kier molecular flexibility index (Phi) is 3.41. The van der Waals surface area contributed by atoms with Gasteiger partial charge in [-0.1, -0.05) is 6.07 Å². The van der Waals surface area contributed by atoms with Gasteiger partial charge >= 0.3 is 0 Å². The number of carbonyl (C=O) groups is 1. The number of amides is 1. The molecule has 2 aromatic heterocycles. The lowest BCUT2D eigenvalue weighted by molar-refractivity contribution is 0.0685. The van der Waals surface area contributed by atoms with Crippen molar-refractivity contribution in [1.82, 2.24) is 9.88 Å². The first kappa shape index (κ1) is 12.8. The van der Waals surface area contributed by atoms with Crippen LogP contribution >= 0.6 is 22.7 Å². The highest BCUT2D eigenvalue weighted by molar-refractivity contribution is 7.20. The summed E-state index contributed by atoms with van der Waals surface area (Å²) in [5, 5.41) is 4.86. The average Bonchev–Trinajstić information content (AvgIpc) is 2.92. The van der Waals surface area contributed by atoms with E-state index >= 15 is 0 Å². The van der Waals surface area contributed by atoms with E-state index in [0.29, 0.717) is 11.7 Å². The maximum atomic E-state index is 12.5. The van der Waals surface area contributed by atoms with Crippen LogP contribution in [0.3, 0.4) is 0 Å². The average molecular weight is 292 g/mol. The Bertz CT molecular complexity index is 568. The van der Waals surface area contributed by atoms with Gasteiger partial charge in [0.1, 0.15) is 10.7 Å². The first-order valence-electron chi connectivity index (χ1n) is 6.49. The number of rotatable bonds is 4. The Balaban J connectivity index is 1.84. The molecule has 1 saturated carbocycles. The van der Waals surface area contributed by atoms with Crippen molar-refractivity contribution >= 4 is 28.6 Å². The highest BCUT2D eigenvalue weighted by Gasteiger charge is 2.35. The standard InChI is InChI=1S/C14H16N2OS2/c1-9(2)16(10-5-6-10)14(17)11-8-19-13(15-11)12-4-3-7-18-12/h3-4,7-10H,5-6H2,1-2H3. The molecule has 100 valence electrons. The van der Waals surface area contributed by atoms with Crippen LogP contribution in [0.5, 0.6) is 0 Å². The van der Waals surface area contributed by atoms with Gasteiger partial charge in [0.2, 0.25) is 0 Å². The molecular weight excluding hydrogens is 276 g/mol. The van der Waals surface area contributed by atoms with Crippen LogP contribution in [0.15, 0.2) is 22.9 Å². The Morgan fingerprint density at radius 2 is 2.21 bits per heavy atom. The summed E-state index contributed by atoms with van der Waals surface area (Å²) < 4.78 is 0. The second-order valence-corrected chi connectivity index (χ2v) is 6.86. The summed E-state index contributed by atoms with van der Waals surface area (Å²) in [6, 6.07) is 4.72. The fourth-order valence-electron chi connectivity index (χ4n) is 2.19. The summed E-state index contributed by atoms with van der Waals surface area (Å²) in [7, 11) is 0. The van der Waals surface area contributed by atoms with Crippen molar-refractivity contribution in [2.45, 2.75) is 38.8 Å². The molecule has 1 aliphatic carbocycles. The second-order valence-electron chi connectivity index (χ2n) is 5.05. The molecule has 1 fully saturated rings. The molecule has 0 aliphatic heterocycles. The van der Waals surface area contributed by atoms with E-state index in [-0.39, 0.29) is 11.9 Å². The molecule has 2 heterocycles. The van der Waals surface area contributed by atoms with Gasteiger partial charge in [0.05, 0.1) is 4.88 Å². The van der Waals surface area contributed by atoms with E-state index in [4.69, 9.17) is 0 Å². The molecule has 3 nitrogen and oxygen atoms in total. The van der Waals surface area contributed by atoms with Crippen molar-refractivity contribution in [1.29, 1.82) is 0 Å². The van der Waals surface area contributed by atoms with E-state index in [9.17, 15) is 4.79 Å². The van der Waals surface area contributed by atoms with Crippen molar-refractivity contribution in [2.24, 2.45) is 0 Å². The Morgan fingerprint density at radius 1 is 1.42 bits per heavy atom. The minimum Gasteiger partial charge on any atom is -0.332 e. The molecule has 0 N–H and O–H groups in total. The van der Waals surface area contributed by atoms with E-state index < -0.39 is 0 Å². The zero-order chi connectivity index (χ0) is 13.4. The lowest BCUT2D eigenvalue weighted by Crippen LogP contribution is -2.38. The summed E-state index contributed by atoms with van der Waals surface area (Å²) >= 11 is 3.21. The van der Waals surface area contributed by atoms with Crippen molar-refractivity contribution in [3.05, 3.63) is 28.6 Å². The maximum Gasteiger partial charge on any atom is 0.273 e. The fourth-order valence-corrected chi connectivity index (χ4v) is 3.80. The minimum atomic E-state index is 0.0801. The van der Waals surface area contributed by atoms with E-state index in [1.165, 1.54) is 0 Å². The van der Waals surface area contributed by atoms with Gasteiger partial charge in [-0.2, -0.15) is 0 Å². The molecular formula is C14H16N2OS2. The van der Waals surface area contributed by atoms with Gasteiger partial charge in [0.25, 0.3) is 5.91 Å². The van der Waals surface area contributed by atoms with Gasteiger partial charge in [-0.3, -0.25) is 4.79 Å². The van der Waals surface area contributed by atoms with Gasteiger partial charge in [-0.15, -0.1) is 22.7 Å². The number of hydrogen-bond donors (Lipinski definition) is 0. The molecule has 0 unspecified atom stereocenters. The summed E-state index contributed by atoms with van der Waals surface area (Å²) in [6.45, 7) is 4.14. The normalized spacial score (nSPS) is 14.9. The smallest absolute Gasteiger partial charge is 0.273 e. The van der Waals surface area contributed by atoms with E-state index in [2.05, 4.69) is 18.8 Å².